The molecule has 0 fully saturated rings. The van der Waals surface area contributed by atoms with Crippen LogP contribution >= 0.6 is 11.6 Å². The highest BCUT2D eigenvalue weighted by atomic mass is 35.5. The number of hydrogen-bond donors (Lipinski definition) is 1. The van der Waals surface area contributed by atoms with Crippen LogP contribution in [0.4, 0.5) is 5.69 Å². The van der Waals surface area contributed by atoms with Crippen molar-refractivity contribution in [3.63, 3.8) is 0 Å². The van der Waals surface area contributed by atoms with Gasteiger partial charge in [0.2, 0.25) is 5.89 Å². The number of aryl methyl sites for hydroxylation is 3. The third kappa shape index (κ3) is 3.51. The Morgan fingerprint density at radius 3 is 2.57 bits per heavy atom. The SMILES string of the molecule is Cc1ccc2oc(-c3ccc(Cl)c(NC(=O)c4ccc(C)c(C)c4)c3)nc2c1. The summed E-state index contributed by atoms with van der Waals surface area (Å²) in [7, 11) is 0. The van der Waals surface area contributed by atoms with Crippen molar-refractivity contribution in [1.29, 1.82) is 0 Å². The number of halogens is 1. The van der Waals surface area contributed by atoms with Crippen molar-refractivity contribution < 1.29 is 9.21 Å². The van der Waals surface area contributed by atoms with Gasteiger partial charge in [0.1, 0.15) is 5.52 Å². The van der Waals surface area contributed by atoms with Gasteiger partial charge in [-0.2, -0.15) is 0 Å². The van der Waals surface area contributed by atoms with E-state index < -0.39 is 0 Å². The average molecular weight is 391 g/mol. The molecule has 140 valence electrons. The van der Waals surface area contributed by atoms with E-state index in [0.717, 1.165) is 33.4 Å². The van der Waals surface area contributed by atoms with Gasteiger partial charge in [-0.3, -0.25) is 4.79 Å². The van der Waals surface area contributed by atoms with E-state index in [1.165, 1.54) is 0 Å². The Labute approximate surface area is 168 Å². The van der Waals surface area contributed by atoms with Crippen LogP contribution in [0, 0.1) is 20.8 Å². The zero-order valence-electron chi connectivity index (χ0n) is 15.8. The normalized spacial score (nSPS) is 11.0. The molecule has 0 aliphatic heterocycles. The molecule has 0 atom stereocenters. The first-order chi connectivity index (χ1) is 13.4. The standard InChI is InChI=1S/C23H19ClN2O2/c1-13-4-9-21-20(10-13)26-23(28-21)17-7-8-18(24)19(12-17)25-22(27)16-6-5-14(2)15(3)11-16/h4-12H,1-3H3,(H,25,27). The van der Waals surface area contributed by atoms with Crippen LogP contribution in [-0.4, -0.2) is 10.9 Å². The van der Waals surface area contributed by atoms with Crippen LogP contribution < -0.4 is 5.32 Å². The largest absolute Gasteiger partial charge is 0.436 e. The highest BCUT2D eigenvalue weighted by molar-refractivity contribution is 6.34. The molecule has 1 aromatic heterocycles. The summed E-state index contributed by atoms with van der Waals surface area (Å²) >= 11 is 6.31. The Morgan fingerprint density at radius 2 is 1.79 bits per heavy atom. The van der Waals surface area contributed by atoms with Gasteiger partial charge >= 0.3 is 0 Å². The van der Waals surface area contributed by atoms with Crippen molar-refractivity contribution in [2.75, 3.05) is 5.32 Å². The molecular weight excluding hydrogens is 372 g/mol. The zero-order chi connectivity index (χ0) is 19.8. The molecule has 0 saturated carbocycles. The van der Waals surface area contributed by atoms with E-state index in [-0.39, 0.29) is 5.91 Å². The molecule has 5 heteroatoms. The lowest BCUT2D eigenvalue weighted by Gasteiger charge is -2.10. The van der Waals surface area contributed by atoms with Crippen molar-refractivity contribution in [2.24, 2.45) is 0 Å². The third-order valence-electron chi connectivity index (χ3n) is 4.77. The van der Waals surface area contributed by atoms with Crippen LogP contribution in [-0.2, 0) is 0 Å². The predicted octanol–water partition coefficient (Wildman–Crippen LogP) is 6.33. The van der Waals surface area contributed by atoms with Gasteiger partial charge in [0.25, 0.3) is 5.91 Å². The fraction of sp³-hybridized carbons (Fsp3) is 0.130. The van der Waals surface area contributed by atoms with Crippen molar-refractivity contribution in [3.05, 3.63) is 81.9 Å². The Hall–Kier alpha value is -3.11. The molecule has 0 aliphatic carbocycles. The molecule has 0 radical (unpaired) electrons. The number of anilines is 1. The second-order valence-corrected chi connectivity index (χ2v) is 7.35. The van der Waals surface area contributed by atoms with Gasteiger partial charge in [0.05, 0.1) is 10.7 Å². The van der Waals surface area contributed by atoms with Crippen molar-refractivity contribution in [1.82, 2.24) is 4.98 Å². The Morgan fingerprint density at radius 1 is 0.964 bits per heavy atom. The number of hydrogen-bond acceptors (Lipinski definition) is 3. The van der Waals surface area contributed by atoms with Crippen LogP contribution in [0.25, 0.3) is 22.6 Å². The van der Waals surface area contributed by atoms with Gasteiger partial charge in [-0.1, -0.05) is 23.7 Å². The minimum atomic E-state index is -0.213. The van der Waals surface area contributed by atoms with Crippen LogP contribution in [0.5, 0.6) is 0 Å². The average Bonchev–Trinajstić information content (AvgIpc) is 3.08. The van der Waals surface area contributed by atoms with Crippen molar-refractivity contribution in [3.8, 4) is 11.5 Å². The summed E-state index contributed by atoms with van der Waals surface area (Å²) in [5.74, 6) is 0.272. The van der Waals surface area contributed by atoms with E-state index in [0.29, 0.717) is 22.2 Å². The number of carbonyl (C=O) groups is 1. The maximum atomic E-state index is 12.6. The number of nitrogens with zero attached hydrogens (tertiary/aromatic N) is 1. The minimum absolute atomic E-state index is 0.213. The first kappa shape index (κ1) is 18.3. The summed E-state index contributed by atoms with van der Waals surface area (Å²) in [6, 6.07) is 16.8. The van der Waals surface area contributed by atoms with Crippen molar-refractivity contribution >= 4 is 34.3 Å². The maximum Gasteiger partial charge on any atom is 0.255 e. The summed E-state index contributed by atoms with van der Waals surface area (Å²) in [5.41, 5.74) is 6.68. The topological polar surface area (TPSA) is 55.1 Å². The molecule has 0 bridgehead atoms. The van der Waals surface area contributed by atoms with Crippen LogP contribution in [0.2, 0.25) is 5.02 Å². The third-order valence-corrected chi connectivity index (χ3v) is 5.10. The van der Waals surface area contributed by atoms with Gasteiger partial charge in [-0.15, -0.1) is 0 Å². The maximum absolute atomic E-state index is 12.6. The number of carbonyl (C=O) groups excluding carboxylic acids is 1. The zero-order valence-corrected chi connectivity index (χ0v) is 16.6. The quantitative estimate of drug-likeness (QED) is 0.445. The molecule has 3 aromatic carbocycles. The Bertz CT molecular complexity index is 1210. The summed E-state index contributed by atoms with van der Waals surface area (Å²) in [6.07, 6.45) is 0. The number of amides is 1. The fourth-order valence-electron chi connectivity index (χ4n) is 2.99. The second kappa shape index (κ2) is 7.13. The fourth-order valence-corrected chi connectivity index (χ4v) is 3.16. The van der Waals surface area contributed by atoms with Gasteiger partial charge in [-0.25, -0.2) is 4.98 Å². The molecule has 0 aliphatic rings. The highest BCUT2D eigenvalue weighted by Gasteiger charge is 2.13. The number of aromatic nitrogens is 1. The Balaban J connectivity index is 1.66. The molecular formula is C23H19ClN2O2. The first-order valence-electron chi connectivity index (χ1n) is 8.96. The van der Waals surface area contributed by atoms with E-state index in [1.54, 1.807) is 18.2 Å². The number of nitrogens with one attached hydrogen (secondary N) is 1. The molecule has 28 heavy (non-hydrogen) atoms. The van der Waals surface area contributed by atoms with Crippen molar-refractivity contribution in [2.45, 2.75) is 20.8 Å². The number of benzene rings is 3. The smallest absolute Gasteiger partial charge is 0.255 e. The van der Waals surface area contributed by atoms with E-state index in [1.807, 2.05) is 57.2 Å². The van der Waals surface area contributed by atoms with E-state index in [9.17, 15) is 4.79 Å². The summed E-state index contributed by atoms with van der Waals surface area (Å²) in [4.78, 5) is 17.2. The van der Waals surface area contributed by atoms with E-state index in [4.69, 9.17) is 16.0 Å². The molecule has 0 unspecified atom stereocenters. The van der Waals surface area contributed by atoms with E-state index >= 15 is 0 Å². The van der Waals surface area contributed by atoms with Crippen LogP contribution in [0.15, 0.2) is 59.0 Å². The number of fused-ring (bicyclic) bond motifs is 1. The molecule has 0 saturated heterocycles. The second-order valence-electron chi connectivity index (χ2n) is 6.94. The summed E-state index contributed by atoms with van der Waals surface area (Å²) in [6.45, 7) is 6.00. The van der Waals surface area contributed by atoms with Gasteiger partial charge in [0, 0.05) is 11.1 Å². The molecule has 1 amide bonds. The molecule has 4 aromatic rings. The lowest BCUT2D eigenvalue weighted by atomic mass is 10.1. The number of oxazole rings is 1. The highest BCUT2D eigenvalue weighted by Crippen LogP contribution is 2.31. The molecule has 1 heterocycles. The Kier molecular flexibility index (Phi) is 4.65. The van der Waals surface area contributed by atoms with Gasteiger partial charge < -0.3 is 9.73 Å². The first-order valence-corrected chi connectivity index (χ1v) is 9.34. The lowest BCUT2D eigenvalue weighted by Crippen LogP contribution is -2.12. The molecule has 1 N–H and O–H groups in total. The molecule has 4 rings (SSSR count). The van der Waals surface area contributed by atoms with Crippen LogP contribution in [0.3, 0.4) is 0 Å². The summed E-state index contributed by atoms with van der Waals surface area (Å²) < 4.78 is 5.86. The molecule has 4 nitrogen and oxygen atoms in total. The van der Waals surface area contributed by atoms with Crippen LogP contribution in [0.1, 0.15) is 27.0 Å². The number of rotatable bonds is 3. The molecule has 0 spiro atoms. The summed E-state index contributed by atoms with van der Waals surface area (Å²) in [5, 5.41) is 3.34. The van der Waals surface area contributed by atoms with Gasteiger partial charge in [0.15, 0.2) is 5.58 Å². The lowest BCUT2D eigenvalue weighted by molar-refractivity contribution is 0.102. The van der Waals surface area contributed by atoms with Gasteiger partial charge in [-0.05, 0) is 79.9 Å². The minimum Gasteiger partial charge on any atom is -0.436 e. The van der Waals surface area contributed by atoms with E-state index in [2.05, 4.69) is 10.3 Å². The monoisotopic (exact) mass is 390 g/mol. The predicted molar refractivity (Wildman–Crippen MR) is 113 cm³/mol.